The summed E-state index contributed by atoms with van der Waals surface area (Å²) in [6, 6.07) is 8.40. The molecule has 2 N–H and O–H groups in total. The Morgan fingerprint density at radius 1 is 1.32 bits per heavy atom. The van der Waals surface area contributed by atoms with Gasteiger partial charge in [0.1, 0.15) is 0 Å². The van der Waals surface area contributed by atoms with Gasteiger partial charge in [-0.2, -0.15) is 5.10 Å². The van der Waals surface area contributed by atoms with Crippen LogP contribution in [0, 0.1) is 0 Å². The molecular formula is C19H26Cl2N4O2S. The molecule has 1 aromatic heterocycles. The normalized spacial score (nSPS) is 20.7. The Morgan fingerprint density at radius 3 is 2.64 bits per heavy atom. The third-order valence-electron chi connectivity index (χ3n) is 5.81. The number of benzene rings is 1. The monoisotopic (exact) mass is 444 g/mol. The van der Waals surface area contributed by atoms with E-state index in [0.717, 1.165) is 36.5 Å². The molecule has 1 atom stereocenters. The van der Waals surface area contributed by atoms with Crippen molar-refractivity contribution < 1.29 is 8.42 Å². The van der Waals surface area contributed by atoms with Crippen LogP contribution in [-0.4, -0.2) is 37.5 Å². The van der Waals surface area contributed by atoms with Gasteiger partial charge in [-0.05, 0) is 49.1 Å². The molecule has 6 nitrogen and oxygen atoms in total. The summed E-state index contributed by atoms with van der Waals surface area (Å²) in [4.78, 5) is 0. The van der Waals surface area contributed by atoms with Crippen LogP contribution in [0.3, 0.4) is 0 Å². The first-order chi connectivity index (χ1) is 12.9. The standard InChI is InChI=1S/C19H25ClN4O2S.ClH/c1-27(25,26)22-11-12-24-13-14-7-10-21-18(17(14)23-24)19(8-2-9-19)15-3-5-16(20)6-4-15;/h3-6,13,18,21-22H,2,7-12H2,1H3;1H. The Hall–Kier alpha value is -1.12. The van der Waals surface area contributed by atoms with Gasteiger partial charge in [-0.3, -0.25) is 4.68 Å². The van der Waals surface area contributed by atoms with E-state index in [1.165, 1.54) is 23.8 Å². The molecule has 1 aliphatic heterocycles. The van der Waals surface area contributed by atoms with Gasteiger partial charge in [-0.25, -0.2) is 13.1 Å². The maximum Gasteiger partial charge on any atom is 0.208 e. The molecule has 4 rings (SSSR count). The SMILES string of the molecule is CS(=O)(=O)NCCn1cc2c(n1)C(C1(c3ccc(Cl)cc3)CCC1)NCC2.Cl. The lowest BCUT2D eigenvalue weighted by atomic mass is 9.58. The van der Waals surface area contributed by atoms with Crippen LogP contribution in [0.1, 0.15) is 42.1 Å². The average Bonchev–Trinajstić information content (AvgIpc) is 2.98. The van der Waals surface area contributed by atoms with Crippen LogP contribution in [0.5, 0.6) is 0 Å². The van der Waals surface area contributed by atoms with Crippen LogP contribution >= 0.6 is 24.0 Å². The minimum absolute atomic E-state index is 0. The van der Waals surface area contributed by atoms with Gasteiger partial charge < -0.3 is 5.32 Å². The van der Waals surface area contributed by atoms with Crippen molar-refractivity contribution in [1.29, 1.82) is 0 Å². The molecule has 2 aromatic rings. The number of rotatable bonds is 6. The number of sulfonamides is 1. The third-order valence-corrected chi connectivity index (χ3v) is 6.79. The summed E-state index contributed by atoms with van der Waals surface area (Å²) in [5.74, 6) is 0. The van der Waals surface area contributed by atoms with Crippen molar-refractivity contribution in [3.05, 3.63) is 52.3 Å². The van der Waals surface area contributed by atoms with Crippen molar-refractivity contribution >= 4 is 34.0 Å². The van der Waals surface area contributed by atoms with Gasteiger partial charge in [0.2, 0.25) is 10.0 Å². The Kier molecular flexibility index (Phi) is 6.41. The zero-order chi connectivity index (χ0) is 19.1. The van der Waals surface area contributed by atoms with E-state index in [9.17, 15) is 8.42 Å². The molecule has 1 fully saturated rings. The molecule has 9 heteroatoms. The fourth-order valence-corrected chi connectivity index (χ4v) is 4.95. The largest absolute Gasteiger partial charge is 0.307 e. The molecule has 2 heterocycles. The maximum atomic E-state index is 11.3. The number of aromatic nitrogens is 2. The average molecular weight is 445 g/mol. The first-order valence-corrected chi connectivity index (χ1v) is 11.6. The molecule has 0 radical (unpaired) electrons. The summed E-state index contributed by atoms with van der Waals surface area (Å²) in [5, 5.41) is 9.30. The second kappa shape index (κ2) is 8.32. The van der Waals surface area contributed by atoms with Crippen LogP contribution in [0.4, 0.5) is 0 Å². The van der Waals surface area contributed by atoms with Crippen molar-refractivity contribution in [2.24, 2.45) is 0 Å². The van der Waals surface area contributed by atoms with Gasteiger partial charge in [0, 0.05) is 23.2 Å². The molecule has 1 unspecified atom stereocenters. The molecule has 154 valence electrons. The van der Waals surface area contributed by atoms with Crippen molar-refractivity contribution in [3.63, 3.8) is 0 Å². The zero-order valence-corrected chi connectivity index (χ0v) is 18.2. The highest BCUT2D eigenvalue weighted by molar-refractivity contribution is 7.88. The van der Waals surface area contributed by atoms with Crippen molar-refractivity contribution in [2.45, 2.75) is 43.7 Å². The van der Waals surface area contributed by atoms with E-state index in [1.54, 1.807) is 0 Å². The number of fused-ring (bicyclic) bond motifs is 1. The van der Waals surface area contributed by atoms with Crippen LogP contribution in [0.25, 0.3) is 0 Å². The third kappa shape index (κ3) is 4.24. The van der Waals surface area contributed by atoms with Crippen molar-refractivity contribution in [3.8, 4) is 0 Å². The Morgan fingerprint density at radius 2 is 2.04 bits per heavy atom. The zero-order valence-electron chi connectivity index (χ0n) is 15.8. The van der Waals surface area contributed by atoms with E-state index in [-0.39, 0.29) is 23.9 Å². The van der Waals surface area contributed by atoms with Crippen LogP contribution in [-0.2, 0) is 28.4 Å². The van der Waals surface area contributed by atoms with Crippen molar-refractivity contribution in [1.82, 2.24) is 19.8 Å². The maximum absolute atomic E-state index is 11.3. The Bertz CT molecular complexity index is 924. The first-order valence-electron chi connectivity index (χ1n) is 9.38. The summed E-state index contributed by atoms with van der Waals surface area (Å²) in [5.41, 5.74) is 3.75. The molecule has 1 aliphatic carbocycles. The van der Waals surface area contributed by atoms with E-state index in [1.807, 2.05) is 16.8 Å². The summed E-state index contributed by atoms with van der Waals surface area (Å²) in [7, 11) is -3.18. The lowest BCUT2D eigenvalue weighted by molar-refractivity contribution is 0.161. The topological polar surface area (TPSA) is 76.0 Å². The van der Waals surface area contributed by atoms with Crippen LogP contribution < -0.4 is 10.0 Å². The van der Waals surface area contributed by atoms with Crippen LogP contribution in [0.2, 0.25) is 5.02 Å². The molecule has 0 bridgehead atoms. The smallest absolute Gasteiger partial charge is 0.208 e. The summed E-state index contributed by atoms with van der Waals surface area (Å²) >= 11 is 6.09. The number of hydrogen-bond acceptors (Lipinski definition) is 4. The van der Waals surface area contributed by atoms with E-state index < -0.39 is 10.0 Å². The van der Waals surface area contributed by atoms with Gasteiger partial charge in [0.15, 0.2) is 0 Å². The minimum atomic E-state index is -3.18. The Labute approximate surface area is 177 Å². The van der Waals surface area contributed by atoms with Gasteiger partial charge >= 0.3 is 0 Å². The predicted molar refractivity (Wildman–Crippen MR) is 114 cm³/mol. The fourth-order valence-electron chi connectivity index (χ4n) is 4.36. The first kappa shape index (κ1) is 21.6. The van der Waals surface area contributed by atoms with E-state index >= 15 is 0 Å². The number of hydrogen-bond donors (Lipinski definition) is 2. The van der Waals surface area contributed by atoms with Crippen molar-refractivity contribution in [2.75, 3.05) is 19.3 Å². The summed E-state index contributed by atoms with van der Waals surface area (Å²) in [6.07, 6.45) is 7.68. The van der Waals surface area contributed by atoms with Gasteiger partial charge in [0.05, 0.1) is 24.5 Å². The molecule has 2 aliphatic rings. The van der Waals surface area contributed by atoms with E-state index in [0.29, 0.717) is 13.1 Å². The molecule has 0 spiro atoms. The van der Waals surface area contributed by atoms with E-state index in [4.69, 9.17) is 16.7 Å². The summed E-state index contributed by atoms with van der Waals surface area (Å²) < 4.78 is 26.9. The fraction of sp³-hybridized carbons (Fsp3) is 0.526. The molecule has 1 aromatic carbocycles. The lowest BCUT2D eigenvalue weighted by Gasteiger charge is -2.49. The highest BCUT2D eigenvalue weighted by Crippen LogP contribution is 2.53. The molecule has 1 saturated carbocycles. The number of nitrogens with one attached hydrogen (secondary N) is 2. The second-order valence-corrected chi connectivity index (χ2v) is 9.89. The predicted octanol–water partition coefficient (Wildman–Crippen LogP) is 2.82. The Balaban J connectivity index is 0.00000225. The lowest BCUT2D eigenvalue weighted by Crippen LogP contribution is -2.49. The minimum Gasteiger partial charge on any atom is -0.307 e. The molecular weight excluding hydrogens is 419 g/mol. The molecule has 0 amide bonds. The highest BCUT2D eigenvalue weighted by Gasteiger charge is 2.48. The van der Waals surface area contributed by atoms with Crippen LogP contribution in [0.15, 0.2) is 30.5 Å². The highest BCUT2D eigenvalue weighted by atomic mass is 35.5. The van der Waals surface area contributed by atoms with Gasteiger partial charge in [0.25, 0.3) is 0 Å². The second-order valence-electron chi connectivity index (χ2n) is 7.62. The quantitative estimate of drug-likeness (QED) is 0.717. The number of halogens is 2. The molecule has 28 heavy (non-hydrogen) atoms. The van der Waals surface area contributed by atoms with Gasteiger partial charge in [-0.15, -0.1) is 12.4 Å². The molecule has 0 saturated heterocycles. The van der Waals surface area contributed by atoms with Gasteiger partial charge in [-0.1, -0.05) is 30.2 Å². The number of nitrogens with zero attached hydrogens (tertiary/aromatic N) is 2. The summed E-state index contributed by atoms with van der Waals surface area (Å²) in [6.45, 7) is 1.81. The van der Waals surface area contributed by atoms with E-state index in [2.05, 4.69) is 28.4 Å².